The molecule has 0 atom stereocenters. The van der Waals surface area contributed by atoms with Crippen molar-refractivity contribution in [2.24, 2.45) is 0 Å². The molecule has 0 saturated heterocycles. The normalized spacial score (nSPS) is 11.0. The number of hydrogen-bond acceptors (Lipinski definition) is 4. The Morgan fingerprint density at radius 1 is 0.967 bits per heavy atom. The topological polar surface area (TPSA) is 75.7 Å². The van der Waals surface area contributed by atoms with Crippen molar-refractivity contribution in [3.8, 4) is 5.75 Å². The van der Waals surface area contributed by atoms with Gasteiger partial charge in [-0.2, -0.15) is 0 Å². The summed E-state index contributed by atoms with van der Waals surface area (Å²) < 4.78 is 33.1. The lowest BCUT2D eigenvalue weighted by atomic mass is 10.1. The summed E-state index contributed by atoms with van der Waals surface area (Å²) in [6.45, 7) is 3.40. The van der Waals surface area contributed by atoms with Gasteiger partial charge in [-0.25, -0.2) is 8.42 Å². The van der Waals surface area contributed by atoms with Crippen molar-refractivity contribution in [2.45, 2.75) is 18.7 Å². The molecule has 3 aromatic rings. The summed E-state index contributed by atoms with van der Waals surface area (Å²) in [4.78, 5) is 12.9. The summed E-state index contributed by atoms with van der Waals surface area (Å²) in [6, 6.07) is 20.4. The molecule has 3 aromatic carbocycles. The Morgan fingerprint density at radius 3 is 2.37 bits per heavy atom. The molecule has 0 saturated carbocycles. The van der Waals surface area contributed by atoms with Crippen LogP contribution in [-0.4, -0.2) is 28.0 Å². The number of amides is 1. The molecule has 0 bridgehead atoms. The second-order valence-corrected chi connectivity index (χ2v) is 8.76. The van der Waals surface area contributed by atoms with Crippen molar-refractivity contribution >= 4 is 27.3 Å². The molecule has 30 heavy (non-hydrogen) atoms. The second kappa shape index (κ2) is 9.00. The van der Waals surface area contributed by atoms with Crippen LogP contribution in [0.3, 0.4) is 0 Å². The summed E-state index contributed by atoms with van der Waals surface area (Å²) in [5.74, 6) is 0.138. The van der Waals surface area contributed by atoms with Crippen LogP contribution in [-0.2, 0) is 14.8 Å². The van der Waals surface area contributed by atoms with E-state index in [1.54, 1.807) is 48.5 Å². The van der Waals surface area contributed by atoms with Gasteiger partial charge < -0.3 is 10.1 Å². The molecule has 0 spiro atoms. The molecule has 0 unspecified atom stereocenters. The van der Waals surface area contributed by atoms with Crippen molar-refractivity contribution in [3.05, 3.63) is 83.9 Å². The van der Waals surface area contributed by atoms with E-state index in [2.05, 4.69) is 5.32 Å². The van der Waals surface area contributed by atoms with Gasteiger partial charge in [-0.3, -0.25) is 9.10 Å². The van der Waals surface area contributed by atoms with Crippen LogP contribution in [0.4, 0.5) is 11.4 Å². The Balaban J connectivity index is 1.96. The predicted molar refractivity (Wildman–Crippen MR) is 119 cm³/mol. The molecule has 0 aromatic heterocycles. The van der Waals surface area contributed by atoms with E-state index in [9.17, 15) is 13.2 Å². The lowest BCUT2D eigenvalue weighted by molar-refractivity contribution is -0.114. The number of aryl methyl sites for hydroxylation is 2. The summed E-state index contributed by atoms with van der Waals surface area (Å²) in [5, 5.41) is 2.75. The van der Waals surface area contributed by atoms with Crippen molar-refractivity contribution in [1.29, 1.82) is 0 Å². The van der Waals surface area contributed by atoms with Gasteiger partial charge in [0.1, 0.15) is 12.3 Å². The lowest BCUT2D eigenvalue weighted by Crippen LogP contribution is -2.38. The molecule has 0 fully saturated rings. The maximum absolute atomic E-state index is 13.4. The molecule has 3 rings (SSSR count). The second-order valence-electron chi connectivity index (χ2n) is 6.89. The molecule has 0 radical (unpaired) electrons. The molecule has 7 heteroatoms. The van der Waals surface area contributed by atoms with Gasteiger partial charge >= 0.3 is 0 Å². The molecule has 156 valence electrons. The number of nitrogens with zero attached hydrogens (tertiary/aromatic N) is 1. The van der Waals surface area contributed by atoms with Crippen molar-refractivity contribution in [3.63, 3.8) is 0 Å². The lowest BCUT2D eigenvalue weighted by Gasteiger charge is -2.26. The maximum Gasteiger partial charge on any atom is 0.264 e. The molecular formula is C23H24N2O4S. The van der Waals surface area contributed by atoms with Crippen LogP contribution >= 0.6 is 0 Å². The average molecular weight is 425 g/mol. The van der Waals surface area contributed by atoms with Gasteiger partial charge in [0, 0.05) is 11.8 Å². The highest BCUT2D eigenvalue weighted by atomic mass is 32.2. The first-order valence-corrected chi connectivity index (χ1v) is 10.8. The minimum atomic E-state index is -3.94. The van der Waals surface area contributed by atoms with Crippen LogP contribution in [0.2, 0.25) is 0 Å². The van der Waals surface area contributed by atoms with E-state index in [1.807, 2.05) is 26.0 Å². The van der Waals surface area contributed by atoms with Gasteiger partial charge in [0.2, 0.25) is 5.91 Å². The first-order chi connectivity index (χ1) is 14.3. The van der Waals surface area contributed by atoms with E-state index in [4.69, 9.17) is 4.74 Å². The number of rotatable bonds is 7. The molecule has 1 N–H and O–H groups in total. The molecule has 0 heterocycles. The van der Waals surface area contributed by atoms with E-state index in [0.29, 0.717) is 17.1 Å². The zero-order valence-electron chi connectivity index (χ0n) is 17.1. The van der Waals surface area contributed by atoms with Crippen LogP contribution in [0.25, 0.3) is 0 Å². The first-order valence-electron chi connectivity index (χ1n) is 9.40. The highest BCUT2D eigenvalue weighted by Crippen LogP contribution is 2.27. The quantitative estimate of drug-likeness (QED) is 0.618. The van der Waals surface area contributed by atoms with Gasteiger partial charge in [0.05, 0.1) is 17.7 Å². The molecule has 1 amide bonds. The number of ether oxygens (including phenoxy) is 1. The van der Waals surface area contributed by atoms with E-state index < -0.39 is 15.9 Å². The molecule has 6 nitrogen and oxygen atoms in total. The summed E-state index contributed by atoms with van der Waals surface area (Å²) in [5.41, 5.74) is 2.76. The third-order valence-electron chi connectivity index (χ3n) is 4.59. The number of benzene rings is 3. The molecule has 0 aliphatic rings. The minimum absolute atomic E-state index is 0.124. The minimum Gasteiger partial charge on any atom is -0.497 e. The molecular weight excluding hydrogens is 400 g/mol. The van der Waals surface area contributed by atoms with E-state index in [0.717, 1.165) is 15.4 Å². The highest BCUT2D eigenvalue weighted by molar-refractivity contribution is 7.92. The first kappa shape index (κ1) is 21.4. The SMILES string of the molecule is COc1cccc(NC(=O)CN(c2ccc(C)cc2C)S(=O)(=O)c2ccccc2)c1. The fourth-order valence-electron chi connectivity index (χ4n) is 3.14. The largest absolute Gasteiger partial charge is 0.497 e. The number of methoxy groups -OCH3 is 1. The monoisotopic (exact) mass is 424 g/mol. The zero-order chi connectivity index (χ0) is 21.7. The average Bonchev–Trinajstić information content (AvgIpc) is 2.73. The van der Waals surface area contributed by atoms with Crippen molar-refractivity contribution in [2.75, 3.05) is 23.3 Å². The van der Waals surface area contributed by atoms with E-state index in [-0.39, 0.29) is 11.4 Å². The number of carbonyl (C=O) groups excluding carboxylic acids is 1. The van der Waals surface area contributed by atoms with Crippen LogP contribution in [0.15, 0.2) is 77.7 Å². The standard InChI is InChI=1S/C23H24N2O4S/c1-17-12-13-22(18(2)14-17)25(30(27,28)21-10-5-4-6-11-21)16-23(26)24-19-8-7-9-20(15-19)29-3/h4-15H,16H2,1-3H3,(H,24,26). The Bertz CT molecular complexity index is 1140. The Labute approximate surface area is 177 Å². The maximum atomic E-state index is 13.4. The predicted octanol–water partition coefficient (Wildman–Crippen LogP) is 4.15. The highest BCUT2D eigenvalue weighted by Gasteiger charge is 2.28. The summed E-state index contributed by atoms with van der Waals surface area (Å²) in [7, 11) is -2.40. The molecule has 0 aliphatic carbocycles. The number of anilines is 2. The Kier molecular flexibility index (Phi) is 6.42. The number of nitrogens with one attached hydrogen (secondary N) is 1. The van der Waals surface area contributed by atoms with E-state index >= 15 is 0 Å². The van der Waals surface area contributed by atoms with Crippen molar-refractivity contribution in [1.82, 2.24) is 0 Å². The van der Waals surface area contributed by atoms with Gasteiger partial charge in [-0.15, -0.1) is 0 Å². The Morgan fingerprint density at radius 2 is 1.70 bits per heavy atom. The van der Waals surface area contributed by atoms with Crippen molar-refractivity contribution < 1.29 is 17.9 Å². The van der Waals surface area contributed by atoms with Gasteiger partial charge in [-0.1, -0.05) is 42.0 Å². The number of hydrogen-bond donors (Lipinski definition) is 1. The third-order valence-corrected chi connectivity index (χ3v) is 6.37. The Hall–Kier alpha value is -3.32. The fourth-order valence-corrected chi connectivity index (χ4v) is 4.64. The van der Waals surface area contributed by atoms with Crippen LogP contribution < -0.4 is 14.4 Å². The zero-order valence-corrected chi connectivity index (χ0v) is 17.9. The number of sulfonamides is 1. The van der Waals surface area contributed by atoms with Crippen LogP contribution in [0.5, 0.6) is 5.75 Å². The smallest absolute Gasteiger partial charge is 0.264 e. The summed E-state index contributed by atoms with van der Waals surface area (Å²) in [6.07, 6.45) is 0. The number of carbonyl (C=O) groups is 1. The van der Waals surface area contributed by atoms with Gasteiger partial charge in [0.15, 0.2) is 0 Å². The fraction of sp³-hybridized carbons (Fsp3) is 0.174. The molecule has 0 aliphatic heterocycles. The van der Waals surface area contributed by atoms with Gasteiger partial charge in [0.25, 0.3) is 10.0 Å². The van der Waals surface area contributed by atoms with Gasteiger partial charge in [-0.05, 0) is 49.7 Å². The van der Waals surface area contributed by atoms with E-state index in [1.165, 1.54) is 19.2 Å². The summed E-state index contributed by atoms with van der Waals surface area (Å²) >= 11 is 0. The third kappa shape index (κ3) is 4.80. The van der Waals surface area contributed by atoms with Crippen LogP contribution in [0, 0.1) is 13.8 Å². The van der Waals surface area contributed by atoms with Crippen LogP contribution in [0.1, 0.15) is 11.1 Å².